The van der Waals surface area contributed by atoms with Crippen molar-refractivity contribution < 1.29 is 9.53 Å². The largest absolute Gasteiger partial charge is 0.376 e. The highest BCUT2D eigenvalue weighted by molar-refractivity contribution is 8.26. The summed E-state index contributed by atoms with van der Waals surface area (Å²) in [6, 6.07) is 8.37. The Morgan fingerprint density at radius 1 is 1.33 bits per heavy atom. The van der Waals surface area contributed by atoms with Crippen molar-refractivity contribution in [1.82, 2.24) is 4.90 Å². The summed E-state index contributed by atoms with van der Waals surface area (Å²) in [7, 11) is 0. The quantitative estimate of drug-likeness (QED) is 0.591. The first-order valence-electron chi connectivity index (χ1n) is 8.32. The van der Waals surface area contributed by atoms with E-state index >= 15 is 0 Å². The SMILES string of the molecule is CC(C)(C)c1ccc(/C=C2\SC(=S)N(CC3CCCO3)C2=O)cc1. The van der Waals surface area contributed by atoms with Crippen LogP contribution >= 0.6 is 24.0 Å². The maximum Gasteiger partial charge on any atom is 0.266 e. The summed E-state index contributed by atoms with van der Waals surface area (Å²) in [6.45, 7) is 7.94. The number of carbonyl (C=O) groups is 1. The van der Waals surface area contributed by atoms with Gasteiger partial charge in [-0.05, 0) is 35.5 Å². The maximum atomic E-state index is 12.6. The van der Waals surface area contributed by atoms with Gasteiger partial charge in [0.25, 0.3) is 5.91 Å². The second-order valence-electron chi connectivity index (χ2n) is 7.30. The van der Waals surface area contributed by atoms with Gasteiger partial charge in [0.2, 0.25) is 0 Å². The standard InChI is InChI=1S/C19H23NO2S2/c1-19(2,3)14-8-6-13(7-9-14)11-16-17(21)20(18(23)24-16)12-15-5-4-10-22-15/h6-9,11,15H,4-5,10,12H2,1-3H3/b16-11-. The Morgan fingerprint density at radius 3 is 2.62 bits per heavy atom. The van der Waals surface area contributed by atoms with Crippen LogP contribution in [0.1, 0.15) is 44.7 Å². The van der Waals surface area contributed by atoms with E-state index in [4.69, 9.17) is 17.0 Å². The van der Waals surface area contributed by atoms with Crippen LogP contribution < -0.4 is 0 Å². The smallest absolute Gasteiger partial charge is 0.266 e. The lowest BCUT2D eigenvalue weighted by Gasteiger charge is -2.19. The molecule has 1 atom stereocenters. The third-order valence-electron chi connectivity index (χ3n) is 4.36. The molecule has 5 heteroatoms. The van der Waals surface area contributed by atoms with Crippen LogP contribution in [0.25, 0.3) is 6.08 Å². The molecule has 3 rings (SSSR count). The van der Waals surface area contributed by atoms with Crippen LogP contribution in [0.4, 0.5) is 0 Å². The molecule has 3 nitrogen and oxygen atoms in total. The molecule has 2 aliphatic heterocycles. The molecule has 0 radical (unpaired) electrons. The summed E-state index contributed by atoms with van der Waals surface area (Å²) in [4.78, 5) is 15.0. The van der Waals surface area contributed by atoms with E-state index in [0.717, 1.165) is 25.0 Å². The highest BCUT2D eigenvalue weighted by Gasteiger charge is 2.34. The number of thioether (sulfide) groups is 1. The number of thiocarbonyl (C=S) groups is 1. The summed E-state index contributed by atoms with van der Waals surface area (Å²) in [6.07, 6.45) is 4.12. The lowest BCUT2D eigenvalue weighted by Crippen LogP contribution is -2.35. The Kier molecular flexibility index (Phi) is 5.13. The fraction of sp³-hybridized carbons (Fsp3) is 0.474. The van der Waals surface area contributed by atoms with Crippen LogP contribution in [0.2, 0.25) is 0 Å². The summed E-state index contributed by atoms with van der Waals surface area (Å²) in [5.41, 5.74) is 2.44. The molecule has 1 unspecified atom stereocenters. The fourth-order valence-electron chi connectivity index (χ4n) is 2.88. The van der Waals surface area contributed by atoms with Crippen molar-refractivity contribution >= 4 is 40.3 Å². The molecule has 1 aromatic rings. The van der Waals surface area contributed by atoms with E-state index in [1.165, 1.54) is 17.3 Å². The van der Waals surface area contributed by atoms with E-state index < -0.39 is 0 Å². The first-order chi connectivity index (χ1) is 11.3. The van der Waals surface area contributed by atoms with Crippen molar-refractivity contribution in [2.45, 2.75) is 45.1 Å². The zero-order chi connectivity index (χ0) is 17.3. The van der Waals surface area contributed by atoms with Crippen LogP contribution in [0, 0.1) is 0 Å². The molecule has 0 aromatic heterocycles. The summed E-state index contributed by atoms with van der Waals surface area (Å²) in [5.74, 6) is 0.000368. The Labute approximate surface area is 153 Å². The minimum Gasteiger partial charge on any atom is -0.376 e. The van der Waals surface area contributed by atoms with Crippen molar-refractivity contribution in [3.63, 3.8) is 0 Å². The van der Waals surface area contributed by atoms with Gasteiger partial charge in [-0.15, -0.1) is 0 Å². The van der Waals surface area contributed by atoms with E-state index in [-0.39, 0.29) is 17.4 Å². The Morgan fingerprint density at radius 2 is 2.04 bits per heavy atom. The van der Waals surface area contributed by atoms with Crippen LogP contribution in [-0.2, 0) is 14.9 Å². The van der Waals surface area contributed by atoms with Crippen LogP contribution in [0.5, 0.6) is 0 Å². The average molecular weight is 362 g/mol. The van der Waals surface area contributed by atoms with Gasteiger partial charge in [-0.2, -0.15) is 0 Å². The van der Waals surface area contributed by atoms with E-state index in [0.29, 0.717) is 15.8 Å². The van der Waals surface area contributed by atoms with Gasteiger partial charge in [-0.3, -0.25) is 9.69 Å². The molecule has 0 aliphatic carbocycles. The number of hydrogen-bond acceptors (Lipinski definition) is 4. The molecular formula is C19H23NO2S2. The highest BCUT2D eigenvalue weighted by atomic mass is 32.2. The van der Waals surface area contributed by atoms with Gasteiger partial charge in [-0.25, -0.2) is 0 Å². The topological polar surface area (TPSA) is 29.5 Å². The first-order valence-corrected chi connectivity index (χ1v) is 9.54. The molecule has 24 heavy (non-hydrogen) atoms. The van der Waals surface area contributed by atoms with Gasteiger partial charge in [0.15, 0.2) is 0 Å². The van der Waals surface area contributed by atoms with Gasteiger partial charge in [-0.1, -0.05) is 69.0 Å². The van der Waals surface area contributed by atoms with Crippen molar-refractivity contribution in [1.29, 1.82) is 0 Å². The van der Waals surface area contributed by atoms with E-state index in [1.54, 1.807) is 4.90 Å². The van der Waals surface area contributed by atoms with Gasteiger partial charge >= 0.3 is 0 Å². The molecule has 1 aromatic carbocycles. The molecule has 2 heterocycles. The molecule has 2 saturated heterocycles. The Hall–Kier alpha value is -1.17. The van der Waals surface area contributed by atoms with E-state index in [1.807, 2.05) is 6.08 Å². The van der Waals surface area contributed by atoms with Crippen LogP contribution in [0.15, 0.2) is 29.2 Å². The molecule has 128 valence electrons. The van der Waals surface area contributed by atoms with Gasteiger partial charge in [0.1, 0.15) is 4.32 Å². The minimum absolute atomic E-state index is 0.000368. The summed E-state index contributed by atoms with van der Waals surface area (Å²) in [5, 5.41) is 0. The van der Waals surface area contributed by atoms with Crippen molar-refractivity contribution in [3.8, 4) is 0 Å². The van der Waals surface area contributed by atoms with Crippen molar-refractivity contribution in [3.05, 3.63) is 40.3 Å². The lowest BCUT2D eigenvalue weighted by atomic mass is 9.87. The molecule has 0 bridgehead atoms. The third-order valence-corrected chi connectivity index (χ3v) is 5.74. The minimum atomic E-state index is 0.000368. The average Bonchev–Trinajstić information content (AvgIpc) is 3.12. The van der Waals surface area contributed by atoms with Gasteiger partial charge < -0.3 is 4.74 Å². The van der Waals surface area contributed by atoms with Crippen molar-refractivity contribution in [2.75, 3.05) is 13.2 Å². The number of amides is 1. The van der Waals surface area contributed by atoms with Crippen LogP contribution in [-0.4, -0.2) is 34.4 Å². The molecule has 2 aliphatic rings. The Balaban J connectivity index is 1.73. The second-order valence-corrected chi connectivity index (χ2v) is 8.98. The van der Waals surface area contributed by atoms with Gasteiger partial charge in [0.05, 0.1) is 17.6 Å². The number of nitrogens with zero attached hydrogens (tertiary/aromatic N) is 1. The molecule has 1 amide bonds. The second kappa shape index (κ2) is 6.98. The van der Waals surface area contributed by atoms with E-state index in [2.05, 4.69) is 45.0 Å². The molecular weight excluding hydrogens is 338 g/mol. The Bertz CT molecular complexity index is 668. The summed E-state index contributed by atoms with van der Waals surface area (Å²) >= 11 is 6.77. The predicted molar refractivity (Wildman–Crippen MR) is 104 cm³/mol. The first kappa shape index (κ1) is 17.6. The van der Waals surface area contributed by atoms with Crippen LogP contribution in [0.3, 0.4) is 0 Å². The molecule has 0 spiro atoms. The van der Waals surface area contributed by atoms with Crippen molar-refractivity contribution in [2.24, 2.45) is 0 Å². The fourth-order valence-corrected chi connectivity index (χ4v) is 4.16. The number of benzene rings is 1. The highest BCUT2D eigenvalue weighted by Crippen LogP contribution is 2.33. The zero-order valence-electron chi connectivity index (χ0n) is 14.4. The third kappa shape index (κ3) is 3.90. The number of rotatable bonds is 3. The maximum absolute atomic E-state index is 12.6. The number of ether oxygens (including phenoxy) is 1. The molecule has 0 N–H and O–H groups in total. The molecule has 0 saturated carbocycles. The zero-order valence-corrected chi connectivity index (χ0v) is 16.0. The lowest BCUT2D eigenvalue weighted by molar-refractivity contribution is -0.123. The van der Waals surface area contributed by atoms with E-state index in [9.17, 15) is 4.79 Å². The molecule has 2 fully saturated rings. The number of hydrogen-bond donors (Lipinski definition) is 0. The summed E-state index contributed by atoms with van der Waals surface area (Å²) < 4.78 is 6.26. The monoisotopic (exact) mass is 361 g/mol. The predicted octanol–water partition coefficient (Wildman–Crippen LogP) is 4.36. The normalized spacial score (nSPS) is 23.5. The number of carbonyl (C=O) groups excluding carboxylic acids is 1. The van der Waals surface area contributed by atoms with Gasteiger partial charge in [0, 0.05) is 6.61 Å².